The molecular formula is C22H15F3O2. The standard InChI is InChI=1S/C22H15F3O2/c23-15-5-1-12(2-6-15)16-7-3-13(9-20(16)24)14-4-8-17(21(25)10-14)18-11-19(18)22(26)27/h1-10,18-19H,11H2,(H,26,27). The Bertz CT molecular complexity index is 1030. The Balaban J connectivity index is 1.62. The minimum Gasteiger partial charge on any atom is -0.481 e. The normalized spacial score (nSPS) is 18.3. The lowest BCUT2D eigenvalue weighted by Crippen LogP contribution is -2.00. The number of hydrogen-bond donors (Lipinski definition) is 1. The van der Waals surface area contributed by atoms with Crippen LogP contribution in [0, 0.1) is 23.4 Å². The van der Waals surface area contributed by atoms with Gasteiger partial charge in [-0.3, -0.25) is 4.79 Å². The van der Waals surface area contributed by atoms with Gasteiger partial charge in [-0.25, -0.2) is 13.2 Å². The van der Waals surface area contributed by atoms with Crippen molar-refractivity contribution in [1.29, 1.82) is 0 Å². The summed E-state index contributed by atoms with van der Waals surface area (Å²) in [5.74, 6) is -3.11. The molecule has 0 aromatic heterocycles. The van der Waals surface area contributed by atoms with Gasteiger partial charge in [0.25, 0.3) is 0 Å². The van der Waals surface area contributed by atoms with Crippen LogP contribution in [0.3, 0.4) is 0 Å². The van der Waals surface area contributed by atoms with Crippen molar-refractivity contribution < 1.29 is 23.1 Å². The Labute approximate surface area is 153 Å². The molecule has 0 aliphatic heterocycles. The maximum atomic E-state index is 14.5. The average Bonchev–Trinajstić information content (AvgIpc) is 3.43. The largest absolute Gasteiger partial charge is 0.481 e. The highest BCUT2D eigenvalue weighted by atomic mass is 19.1. The zero-order valence-corrected chi connectivity index (χ0v) is 14.1. The monoisotopic (exact) mass is 368 g/mol. The Morgan fingerprint density at radius 2 is 1.41 bits per heavy atom. The van der Waals surface area contributed by atoms with Crippen LogP contribution in [-0.4, -0.2) is 11.1 Å². The SMILES string of the molecule is O=C(O)C1CC1c1ccc(-c2ccc(-c3ccc(F)cc3)c(F)c2)cc1F. The summed E-state index contributed by atoms with van der Waals surface area (Å²) < 4.78 is 42.0. The lowest BCUT2D eigenvalue weighted by molar-refractivity contribution is -0.138. The van der Waals surface area contributed by atoms with Crippen molar-refractivity contribution in [3.05, 3.63) is 83.7 Å². The van der Waals surface area contributed by atoms with Crippen molar-refractivity contribution in [1.82, 2.24) is 0 Å². The summed E-state index contributed by atoms with van der Waals surface area (Å²) in [7, 11) is 0. The van der Waals surface area contributed by atoms with Crippen molar-refractivity contribution in [2.45, 2.75) is 12.3 Å². The third kappa shape index (κ3) is 3.33. The van der Waals surface area contributed by atoms with Gasteiger partial charge in [0.1, 0.15) is 17.5 Å². The smallest absolute Gasteiger partial charge is 0.307 e. The number of halogens is 3. The predicted molar refractivity (Wildman–Crippen MR) is 95.7 cm³/mol. The van der Waals surface area contributed by atoms with Gasteiger partial charge in [0.15, 0.2) is 0 Å². The van der Waals surface area contributed by atoms with Gasteiger partial charge in [-0.05, 0) is 52.9 Å². The number of carbonyl (C=O) groups is 1. The molecule has 3 aromatic carbocycles. The number of carboxylic acid groups (broad SMARTS) is 1. The lowest BCUT2D eigenvalue weighted by Gasteiger charge is -2.09. The maximum absolute atomic E-state index is 14.5. The molecule has 0 amide bonds. The van der Waals surface area contributed by atoms with Crippen molar-refractivity contribution in [3.8, 4) is 22.3 Å². The number of carboxylic acids is 1. The molecule has 2 nitrogen and oxygen atoms in total. The van der Waals surface area contributed by atoms with Crippen LogP contribution in [0.4, 0.5) is 13.2 Å². The fraction of sp³-hybridized carbons (Fsp3) is 0.136. The highest BCUT2D eigenvalue weighted by Crippen LogP contribution is 2.48. The Hall–Kier alpha value is -3.08. The second-order valence-corrected chi connectivity index (χ2v) is 6.72. The third-order valence-corrected chi connectivity index (χ3v) is 4.97. The summed E-state index contributed by atoms with van der Waals surface area (Å²) in [6.07, 6.45) is 0.437. The van der Waals surface area contributed by atoms with E-state index in [0.29, 0.717) is 34.2 Å². The minimum atomic E-state index is -0.915. The average molecular weight is 368 g/mol. The van der Waals surface area contributed by atoms with Crippen molar-refractivity contribution in [3.63, 3.8) is 0 Å². The molecule has 0 heterocycles. The number of hydrogen-bond acceptors (Lipinski definition) is 1. The Morgan fingerprint density at radius 3 is 1.96 bits per heavy atom. The Kier molecular flexibility index (Phi) is 4.22. The number of rotatable bonds is 4. The van der Waals surface area contributed by atoms with Crippen molar-refractivity contribution in [2.75, 3.05) is 0 Å². The van der Waals surface area contributed by atoms with E-state index < -0.39 is 29.3 Å². The molecule has 1 aliphatic rings. The number of benzene rings is 3. The van der Waals surface area contributed by atoms with E-state index in [1.165, 1.54) is 36.4 Å². The molecule has 0 spiro atoms. The summed E-state index contributed by atoms with van der Waals surface area (Å²) in [6, 6.07) is 14.6. The summed E-state index contributed by atoms with van der Waals surface area (Å²) in [5, 5.41) is 8.99. The van der Waals surface area contributed by atoms with Gasteiger partial charge >= 0.3 is 5.97 Å². The van der Waals surface area contributed by atoms with E-state index in [0.717, 1.165) is 0 Å². The lowest BCUT2D eigenvalue weighted by atomic mass is 9.97. The van der Waals surface area contributed by atoms with Gasteiger partial charge in [0, 0.05) is 11.5 Å². The number of aliphatic carboxylic acids is 1. The van der Waals surface area contributed by atoms with Gasteiger partial charge in [-0.2, -0.15) is 0 Å². The molecule has 1 aliphatic carbocycles. The summed E-state index contributed by atoms with van der Waals surface area (Å²) in [6.45, 7) is 0. The maximum Gasteiger partial charge on any atom is 0.307 e. The fourth-order valence-electron chi connectivity index (χ4n) is 3.38. The zero-order valence-electron chi connectivity index (χ0n) is 14.1. The van der Waals surface area contributed by atoms with Crippen LogP contribution < -0.4 is 0 Å². The molecule has 1 saturated carbocycles. The molecule has 0 saturated heterocycles. The van der Waals surface area contributed by atoms with Crippen molar-refractivity contribution >= 4 is 5.97 Å². The first-order valence-electron chi connectivity index (χ1n) is 8.52. The summed E-state index contributed by atoms with van der Waals surface area (Å²) in [5.41, 5.74) is 2.28. The van der Waals surface area contributed by atoms with Crippen LogP contribution in [0.1, 0.15) is 17.9 Å². The third-order valence-electron chi connectivity index (χ3n) is 4.97. The van der Waals surface area contributed by atoms with Crippen LogP contribution in [0.2, 0.25) is 0 Å². The summed E-state index contributed by atoms with van der Waals surface area (Å²) in [4.78, 5) is 11.0. The van der Waals surface area contributed by atoms with Crippen LogP contribution in [0.25, 0.3) is 22.3 Å². The van der Waals surface area contributed by atoms with Gasteiger partial charge in [0.05, 0.1) is 5.92 Å². The molecule has 136 valence electrons. The molecule has 2 unspecified atom stereocenters. The van der Waals surface area contributed by atoms with Crippen LogP contribution in [-0.2, 0) is 4.79 Å². The van der Waals surface area contributed by atoms with Crippen LogP contribution in [0.15, 0.2) is 60.7 Å². The van der Waals surface area contributed by atoms with E-state index in [4.69, 9.17) is 5.11 Å². The second-order valence-electron chi connectivity index (χ2n) is 6.72. The van der Waals surface area contributed by atoms with Gasteiger partial charge < -0.3 is 5.11 Å². The Morgan fingerprint density at radius 1 is 0.815 bits per heavy atom. The molecule has 0 radical (unpaired) electrons. The van der Waals surface area contributed by atoms with Crippen LogP contribution >= 0.6 is 0 Å². The first-order chi connectivity index (χ1) is 12.9. The van der Waals surface area contributed by atoms with Gasteiger partial charge in [0.2, 0.25) is 0 Å². The molecule has 1 N–H and O–H groups in total. The fourth-order valence-corrected chi connectivity index (χ4v) is 3.38. The van der Waals surface area contributed by atoms with Crippen molar-refractivity contribution in [2.24, 2.45) is 5.92 Å². The molecule has 4 rings (SSSR count). The first-order valence-corrected chi connectivity index (χ1v) is 8.52. The molecular weight excluding hydrogens is 353 g/mol. The van der Waals surface area contributed by atoms with E-state index in [2.05, 4.69) is 0 Å². The highest BCUT2D eigenvalue weighted by molar-refractivity contribution is 5.76. The van der Waals surface area contributed by atoms with E-state index in [9.17, 15) is 18.0 Å². The van der Waals surface area contributed by atoms with Gasteiger partial charge in [-0.15, -0.1) is 0 Å². The van der Waals surface area contributed by atoms with Gasteiger partial charge in [-0.1, -0.05) is 36.4 Å². The minimum absolute atomic E-state index is 0.297. The second kappa shape index (κ2) is 6.58. The zero-order chi connectivity index (χ0) is 19.1. The molecule has 2 atom stereocenters. The van der Waals surface area contributed by atoms with Crippen LogP contribution in [0.5, 0.6) is 0 Å². The molecule has 5 heteroatoms. The molecule has 1 fully saturated rings. The summed E-state index contributed by atoms with van der Waals surface area (Å²) >= 11 is 0. The van der Waals surface area contributed by atoms with E-state index in [1.807, 2.05) is 0 Å². The molecule has 3 aromatic rings. The van der Waals surface area contributed by atoms with E-state index in [-0.39, 0.29) is 5.92 Å². The molecule has 0 bridgehead atoms. The quantitative estimate of drug-likeness (QED) is 0.648. The molecule has 27 heavy (non-hydrogen) atoms. The topological polar surface area (TPSA) is 37.3 Å². The highest BCUT2D eigenvalue weighted by Gasteiger charge is 2.45. The predicted octanol–water partition coefficient (Wildman–Crippen LogP) is 5.63. The first kappa shape index (κ1) is 17.3. The van der Waals surface area contributed by atoms with E-state index in [1.54, 1.807) is 24.3 Å². The van der Waals surface area contributed by atoms with E-state index >= 15 is 0 Å².